The third-order valence-electron chi connectivity index (χ3n) is 9.64. The molecule has 0 unspecified atom stereocenters. The molecule has 0 aliphatic heterocycles. The Hall–Kier alpha value is -5.92. The summed E-state index contributed by atoms with van der Waals surface area (Å²) in [5.74, 6) is 0. The van der Waals surface area contributed by atoms with Gasteiger partial charge >= 0.3 is 0 Å². The summed E-state index contributed by atoms with van der Waals surface area (Å²) < 4.78 is 6.06. The number of hydrogen-bond acceptors (Lipinski definition) is 1. The number of rotatable bonds is 2. The van der Waals surface area contributed by atoms with E-state index in [1.807, 2.05) is 12.1 Å². The molecule has 208 valence electrons. The van der Waals surface area contributed by atoms with Gasteiger partial charge in [0.2, 0.25) is 0 Å². The first-order valence-corrected chi connectivity index (χ1v) is 15.5. The molecule has 0 bridgehead atoms. The second kappa shape index (κ2) is 9.29. The van der Waals surface area contributed by atoms with Crippen molar-refractivity contribution in [2.75, 3.05) is 0 Å². The molecule has 0 saturated heterocycles. The molecule has 0 aliphatic carbocycles. The van der Waals surface area contributed by atoms with E-state index in [0.29, 0.717) is 0 Å². The standard InChI is InChI=1S/C44H26O/c1-4-13-35-31(9-1)32-10-2-5-14-36(32)44-38-23-21-29(25-39(38)33-11-3-6-15-37(33)43(35)44)27-17-19-28(20-18-27)30-22-24-42-40(26-30)34-12-7-8-16-41(34)45-42/h1-26H. The number of para-hydroxylation sites is 1. The molecule has 1 aromatic heterocycles. The van der Waals surface area contributed by atoms with Crippen LogP contribution in [-0.4, -0.2) is 0 Å². The fourth-order valence-corrected chi connectivity index (χ4v) is 7.56. The Morgan fingerprint density at radius 2 is 0.622 bits per heavy atom. The lowest BCUT2D eigenvalue weighted by molar-refractivity contribution is 0.669. The predicted octanol–water partition coefficient (Wildman–Crippen LogP) is 12.7. The normalized spacial score (nSPS) is 12.0. The highest BCUT2D eigenvalue weighted by Crippen LogP contribution is 2.44. The van der Waals surface area contributed by atoms with Crippen molar-refractivity contribution in [3.8, 4) is 22.3 Å². The average molecular weight is 571 g/mol. The Morgan fingerprint density at radius 3 is 1.20 bits per heavy atom. The van der Waals surface area contributed by atoms with Crippen molar-refractivity contribution in [2.24, 2.45) is 0 Å². The van der Waals surface area contributed by atoms with Gasteiger partial charge in [-0.05, 0) is 100 Å². The monoisotopic (exact) mass is 570 g/mol. The predicted molar refractivity (Wildman–Crippen MR) is 192 cm³/mol. The van der Waals surface area contributed by atoms with Crippen molar-refractivity contribution < 1.29 is 4.42 Å². The molecule has 1 nitrogen and oxygen atoms in total. The summed E-state index contributed by atoms with van der Waals surface area (Å²) >= 11 is 0. The minimum absolute atomic E-state index is 0.924. The van der Waals surface area contributed by atoms with E-state index in [2.05, 4.69) is 146 Å². The topological polar surface area (TPSA) is 13.1 Å². The first-order valence-electron chi connectivity index (χ1n) is 15.5. The van der Waals surface area contributed by atoms with Gasteiger partial charge in [-0.15, -0.1) is 0 Å². The molecule has 0 N–H and O–H groups in total. The van der Waals surface area contributed by atoms with Crippen molar-refractivity contribution in [2.45, 2.75) is 0 Å². The highest BCUT2D eigenvalue weighted by atomic mass is 16.3. The number of fused-ring (bicyclic) bond motifs is 14. The summed E-state index contributed by atoms with van der Waals surface area (Å²) in [6.45, 7) is 0. The molecule has 0 atom stereocenters. The van der Waals surface area contributed by atoms with Crippen molar-refractivity contribution in [3.05, 3.63) is 158 Å². The Morgan fingerprint density at radius 1 is 0.244 bits per heavy atom. The largest absolute Gasteiger partial charge is 0.456 e. The first-order chi connectivity index (χ1) is 22.3. The van der Waals surface area contributed by atoms with Crippen LogP contribution in [0.3, 0.4) is 0 Å². The van der Waals surface area contributed by atoms with Gasteiger partial charge in [-0.3, -0.25) is 0 Å². The van der Waals surface area contributed by atoms with Crippen LogP contribution >= 0.6 is 0 Å². The molecule has 0 spiro atoms. The molecule has 0 radical (unpaired) electrons. The van der Waals surface area contributed by atoms with E-state index >= 15 is 0 Å². The molecule has 0 fully saturated rings. The SMILES string of the molecule is c1ccc2c(c1)oc1ccc(-c3ccc(-c4ccc5c(c4)c4ccccc4c4c6ccccc6c6ccccc6c54)cc3)cc12. The van der Waals surface area contributed by atoms with E-state index in [9.17, 15) is 0 Å². The smallest absolute Gasteiger partial charge is 0.135 e. The van der Waals surface area contributed by atoms with Crippen LogP contribution in [0.2, 0.25) is 0 Å². The molecular weight excluding hydrogens is 544 g/mol. The molecule has 0 aliphatic rings. The minimum atomic E-state index is 0.924. The zero-order chi connectivity index (χ0) is 29.5. The number of furan rings is 1. The van der Waals surface area contributed by atoms with Gasteiger partial charge in [0, 0.05) is 10.8 Å². The lowest BCUT2D eigenvalue weighted by Gasteiger charge is -2.17. The maximum absolute atomic E-state index is 6.06. The van der Waals surface area contributed by atoms with E-state index in [4.69, 9.17) is 4.42 Å². The molecule has 9 aromatic carbocycles. The van der Waals surface area contributed by atoms with Gasteiger partial charge in [0.15, 0.2) is 0 Å². The average Bonchev–Trinajstić information content (AvgIpc) is 3.49. The van der Waals surface area contributed by atoms with Gasteiger partial charge in [0.05, 0.1) is 0 Å². The summed E-state index contributed by atoms with van der Waals surface area (Å²) in [5.41, 5.74) is 6.67. The second-order valence-corrected chi connectivity index (χ2v) is 12.0. The summed E-state index contributed by atoms with van der Waals surface area (Å²) in [5, 5.41) is 15.4. The maximum Gasteiger partial charge on any atom is 0.135 e. The fourth-order valence-electron chi connectivity index (χ4n) is 7.56. The third kappa shape index (κ3) is 3.56. The Bertz CT molecular complexity index is 2800. The maximum atomic E-state index is 6.06. The summed E-state index contributed by atoms with van der Waals surface area (Å²) in [6.07, 6.45) is 0. The van der Waals surface area contributed by atoms with Crippen LogP contribution in [-0.2, 0) is 0 Å². The molecule has 1 heterocycles. The van der Waals surface area contributed by atoms with E-state index < -0.39 is 0 Å². The van der Waals surface area contributed by atoms with E-state index in [-0.39, 0.29) is 0 Å². The number of hydrogen-bond donors (Lipinski definition) is 0. The van der Waals surface area contributed by atoms with E-state index in [1.165, 1.54) is 76.1 Å². The Balaban J connectivity index is 1.17. The van der Waals surface area contributed by atoms with Crippen molar-refractivity contribution >= 4 is 75.8 Å². The van der Waals surface area contributed by atoms with Gasteiger partial charge in [0.1, 0.15) is 11.2 Å². The fraction of sp³-hybridized carbons (Fsp3) is 0. The molecular formula is C44H26O. The van der Waals surface area contributed by atoms with E-state index in [0.717, 1.165) is 21.9 Å². The molecule has 0 amide bonds. The van der Waals surface area contributed by atoms with Gasteiger partial charge < -0.3 is 4.42 Å². The lowest BCUT2D eigenvalue weighted by Crippen LogP contribution is -1.89. The van der Waals surface area contributed by atoms with Crippen LogP contribution in [0.1, 0.15) is 0 Å². The molecule has 10 aromatic rings. The van der Waals surface area contributed by atoms with Crippen LogP contribution in [0.5, 0.6) is 0 Å². The number of benzene rings is 9. The van der Waals surface area contributed by atoms with Crippen molar-refractivity contribution in [1.29, 1.82) is 0 Å². The van der Waals surface area contributed by atoms with Gasteiger partial charge in [-0.25, -0.2) is 0 Å². The van der Waals surface area contributed by atoms with Gasteiger partial charge in [0.25, 0.3) is 0 Å². The first kappa shape index (κ1) is 24.5. The Labute approximate surface area is 259 Å². The zero-order valence-electron chi connectivity index (χ0n) is 24.4. The Kier molecular flexibility index (Phi) is 5.06. The molecule has 0 saturated carbocycles. The van der Waals surface area contributed by atoms with Crippen molar-refractivity contribution in [1.82, 2.24) is 0 Å². The van der Waals surface area contributed by atoms with Crippen LogP contribution in [0, 0.1) is 0 Å². The summed E-state index contributed by atoms with van der Waals surface area (Å²) in [7, 11) is 0. The minimum Gasteiger partial charge on any atom is -0.456 e. The highest BCUT2D eigenvalue weighted by Gasteiger charge is 2.16. The zero-order valence-corrected chi connectivity index (χ0v) is 24.4. The quantitative estimate of drug-likeness (QED) is 0.188. The summed E-state index contributed by atoms with van der Waals surface area (Å²) in [6, 6.07) is 57.4. The second-order valence-electron chi connectivity index (χ2n) is 12.0. The van der Waals surface area contributed by atoms with Crippen LogP contribution in [0.4, 0.5) is 0 Å². The van der Waals surface area contributed by atoms with Crippen LogP contribution in [0.25, 0.3) is 98.1 Å². The highest BCUT2D eigenvalue weighted by molar-refractivity contribution is 6.39. The molecule has 10 rings (SSSR count). The molecule has 1 heteroatoms. The van der Waals surface area contributed by atoms with Gasteiger partial charge in [-0.2, -0.15) is 0 Å². The van der Waals surface area contributed by atoms with E-state index in [1.54, 1.807) is 0 Å². The van der Waals surface area contributed by atoms with Crippen molar-refractivity contribution in [3.63, 3.8) is 0 Å². The third-order valence-corrected chi connectivity index (χ3v) is 9.64. The van der Waals surface area contributed by atoms with Crippen LogP contribution in [0.15, 0.2) is 162 Å². The van der Waals surface area contributed by atoms with Crippen LogP contribution < -0.4 is 0 Å². The lowest BCUT2D eigenvalue weighted by atomic mass is 9.86. The summed E-state index contributed by atoms with van der Waals surface area (Å²) in [4.78, 5) is 0. The van der Waals surface area contributed by atoms with Gasteiger partial charge in [-0.1, -0.05) is 133 Å². The molecule has 45 heavy (non-hydrogen) atoms.